The van der Waals surface area contributed by atoms with E-state index in [4.69, 9.17) is 18.6 Å². The number of carbonyl (C=O) groups excluding carboxylic acids is 3. The Labute approximate surface area is 308 Å². The molecule has 2 aromatic carbocycles. The van der Waals surface area contributed by atoms with Crippen molar-refractivity contribution in [3.63, 3.8) is 0 Å². The van der Waals surface area contributed by atoms with Gasteiger partial charge in [0, 0.05) is 12.1 Å². The summed E-state index contributed by atoms with van der Waals surface area (Å²) in [6, 6.07) is 5.30. The smallest absolute Gasteiger partial charge is 0.337 e. The topological polar surface area (TPSA) is 381 Å². The van der Waals surface area contributed by atoms with Crippen molar-refractivity contribution in [3.8, 4) is 17.2 Å². The van der Waals surface area contributed by atoms with Gasteiger partial charge in [-0.25, -0.2) is 4.79 Å². The molecule has 22 heteroatoms. The second-order valence-corrected chi connectivity index (χ2v) is 12.3. The number of aliphatic hydroxyl groups excluding tert-OH is 11. The van der Waals surface area contributed by atoms with Gasteiger partial charge >= 0.3 is 5.97 Å². The predicted molar refractivity (Wildman–Crippen MR) is 179 cm³/mol. The van der Waals surface area contributed by atoms with E-state index in [0.717, 1.165) is 6.07 Å². The molecule has 3 aromatic rings. The number of fused-ring (bicyclic) bond motifs is 2. The fraction of sp³-hybridized carbons (Fsp3) is 0.515. The van der Waals surface area contributed by atoms with Gasteiger partial charge in [-0.05, 0) is 24.4 Å². The lowest BCUT2D eigenvalue weighted by molar-refractivity contribution is -0.323. The fourth-order valence-electron chi connectivity index (χ4n) is 5.16. The molecule has 0 aliphatic rings. The third kappa shape index (κ3) is 10.1. The van der Waals surface area contributed by atoms with Crippen LogP contribution in [0.5, 0.6) is 17.2 Å². The van der Waals surface area contributed by atoms with Gasteiger partial charge in [0.2, 0.25) is 5.79 Å². The van der Waals surface area contributed by atoms with Crippen LogP contribution in [-0.4, -0.2) is 185 Å². The molecular formula is C33H42O22. The highest BCUT2D eigenvalue weighted by molar-refractivity contribution is 6.06. The quantitative estimate of drug-likeness (QED) is 0.0207. The standard InChI is InChI=1S/C33H42O22/c1-12-3-15(36)24-21(55-12)5-13-4-14(51-2)6-20(23(13)28(24)45)52-9-18(39)27(44)29(46)30(47)32(49)53-11-22(41)33(50,31(48)17(38)8-35)54-10-19(40)26(43)25(42)16(37)7-34/h3-8,16-19,22,25-27,29-31,37-48,50H,9-11H2,1-2H3/t16-,17-,18+,19+,22+,25+,26+,27+,29-,30+,31+,33-/m0/s1. The van der Waals surface area contributed by atoms with Crippen molar-refractivity contribution in [3.05, 3.63) is 40.2 Å². The molecule has 306 valence electrons. The van der Waals surface area contributed by atoms with Crippen LogP contribution in [0.4, 0.5) is 0 Å². The number of phenolic OH excluding ortho intramolecular Hbond substituents is 1. The molecule has 0 saturated heterocycles. The summed E-state index contributed by atoms with van der Waals surface area (Å²) >= 11 is 0. The van der Waals surface area contributed by atoms with Gasteiger partial charge in [-0.1, -0.05) is 0 Å². The first-order valence-corrected chi connectivity index (χ1v) is 16.1. The molecule has 0 fully saturated rings. The van der Waals surface area contributed by atoms with Crippen LogP contribution in [0.1, 0.15) is 5.76 Å². The number of aromatic hydroxyl groups is 1. The number of rotatable bonds is 21. The van der Waals surface area contributed by atoms with Crippen molar-refractivity contribution in [2.75, 3.05) is 26.9 Å². The van der Waals surface area contributed by atoms with Crippen LogP contribution in [0.3, 0.4) is 0 Å². The van der Waals surface area contributed by atoms with Gasteiger partial charge in [0.15, 0.2) is 24.1 Å². The first kappa shape index (κ1) is 45.0. The molecule has 1 aromatic heterocycles. The van der Waals surface area contributed by atoms with Crippen LogP contribution >= 0.6 is 0 Å². The van der Waals surface area contributed by atoms with Crippen molar-refractivity contribution >= 4 is 40.3 Å². The number of aryl methyl sites for hydroxylation is 1. The minimum absolute atomic E-state index is 0.0384. The minimum Gasteiger partial charge on any atom is -0.506 e. The van der Waals surface area contributed by atoms with E-state index in [0.29, 0.717) is 0 Å². The summed E-state index contributed by atoms with van der Waals surface area (Å²) in [4.78, 5) is 46.8. The van der Waals surface area contributed by atoms with Crippen LogP contribution in [0, 0.1) is 6.92 Å². The molecule has 0 radical (unpaired) electrons. The van der Waals surface area contributed by atoms with Crippen molar-refractivity contribution in [2.45, 2.75) is 79.9 Å². The van der Waals surface area contributed by atoms with Crippen LogP contribution in [0.25, 0.3) is 21.7 Å². The molecule has 0 saturated carbocycles. The molecule has 0 amide bonds. The van der Waals surface area contributed by atoms with Gasteiger partial charge in [-0.15, -0.1) is 0 Å². The summed E-state index contributed by atoms with van der Waals surface area (Å²) in [5.74, 6) is -5.67. The molecule has 55 heavy (non-hydrogen) atoms. The average Bonchev–Trinajstić information content (AvgIpc) is 3.17. The summed E-state index contributed by atoms with van der Waals surface area (Å²) in [6.45, 7) is -2.18. The Balaban J connectivity index is 1.71. The number of hydrogen-bond donors (Lipinski definition) is 13. The normalized spacial score (nSPS) is 19.1. The number of aliphatic hydroxyl groups is 12. The zero-order chi connectivity index (χ0) is 41.5. The molecule has 0 bridgehead atoms. The Morgan fingerprint density at radius 1 is 0.800 bits per heavy atom. The van der Waals surface area contributed by atoms with Crippen molar-refractivity contribution in [2.24, 2.45) is 0 Å². The molecule has 12 atom stereocenters. The van der Waals surface area contributed by atoms with Crippen LogP contribution in [0.15, 0.2) is 33.5 Å². The van der Waals surface area contributed by atoms with Gasteiger partial charge in [-0.3, -0.25) is 4.79 Å². The molecule has 0 aliphatic carbocycles. The Kier molecular flexibility index (Phi) is 15.5. The number of aldehydes is 2. The van der Waals surface area contributed by atoms with E-state index < -0.39 is 110 Å². The number of carbonyl (C=O) groups is 3. The largest absolute Gasteiger partial charge is 0.506 e. The maximum atomic E-state index is 12.6. The molecule has 22 nitrogen and oxygen atoms in total. The van der Waals surface area contributed by atoms with Gasteiger partial charge in [0.1, 0.15) is 108 Å². The van der Waals surface area contributed by atoms with Gasteiger partial charge in [-0.2, -0.15) is 0 Å². The second kappa shape index (κ2) is 19.0. The van der Waals surface area contributed by atoms with E-state index in [1.165, 1.54) is 32.2 Å². The van der Waals surface area contributed by atoms with E-state index >= 15 is 0 Å². The Bertz CT molecular complexity index is 1850. The van der Waals surface area contributed by atoms with Gasteiger partial charge < -0.3 is 99.3 Å². The fourth-order valence-corrected chi connectivity index (χ4v) is 5.16. The molecule has 0 aliphatic heterocycles. The highest BCUT2D eigenvalue weighted by Crippen LogP contribution is 2.41. The zero-order valence-electron chi connectivity index (χ0n) is 28.9. The summed E-state index contributed by atoms with van der Waals surface area (Å²) in [6.07, 6.45) is -27.3. The number of phenols is 1. The summed E-state index contributed by atoms with van der Waals surface area (Å²) in [5.41, 5.74) is -0.543. The monoisotopic (exact) mass is 790 g/mol. The van der Waals surface area contributed by atoms with Crippen molar-refractivity contribution < 1.29 is 104 Å². The molecular weight excluding hydrogens is 748 g/mol. The van der Waals surface area contributed by atoms with Crippen LogP contribution < -0.4 is 14.9 Å². The van der Waals surface area contributed by atoms with Crippen LogP contribution in [-0.2, 0) is 23.9 Å². The van der Waals surface area contributed by atoms with Gasteiger partial charge in [0.25, 0.3) is 0 Å². The first-order valence-electron chi connectivity index (χ1n) is 16.1. The average molecular weight is 791 g/mol. The number of esters is 1. The Morgan fingerprint density at radius 3 is 2.00 bits per heavy atom. The molecule has 0 spiro atoms. The van der Waals surface area contributed by atoms with E-state index in [1.807, 2.05) is 0 Å². The van der Waals surface area contributed by atoms with E-state index in [1.54, 1.807) is 0 Å². The van der Waals surface area contributed by atoms with E-state index in [9.17, 15) is 85.6 Å². The third-order valence-electron chi connectivity index (χ3n) is 8.39. The zero-order valence-corrected chi connectivity index (χ0v) is 28.9. The molecule has 1 heterocycles. The minimum atomic E-state index is -3.54. The highest BCUT2D eigenvalue weighted by Gasteiger charge is 2.49. The Hall–Kier alpha value is -4.40. The predicted octanol–water partition coefficient (Wildman–Crippen LogP) is -6.04. The number of methoxy groups -OCH3 is 1. The van der Waals surface area contributed by atoms with Crippen LogP contribution in [0.2, 0.25) is 0 Å². The summed E-state index contributed by atoms with van der Waals surface area (Å²) in [7, 11) is 1.31. The summed E-state index contributed by atoms with van der Waals surface area (Å²) in [5, 5.41) is 133. The molecule has 13 N–H and O–H groups in total. The number of benzene rings is 2. The van der Waals surface area contributed by atoms with E-state index in [2.05, 4.69) is 4.74 Å². The maximum absolute atomic E-state index is 12.6. The van der Waals surface area contributed by atoms with Crippen molar-refractivity contribution in [1.82, 2.24) is 0 Å². The molecule has 3 rings (SSSR count). The molecule has 0 unspecified atom stereocenters. The SMILES string of the molecule is COc1cc(OC[C@@H](O)[C@@H](O)[C@H](O)[C@@H](O)C(=O)OC[C@@H](O)[C@](O)(OC[C@@H](O)[C@@H](O)[C@H](O)[C@@H](O)C=O)[C@H](O)[C@@H](O)C=O)c2c(O)c3c(=O)cc(C)oc3cc2c1. The second-order valence-electron chi connectivity index (χ2n) is 12.3. The number of ether oxygens (including phenoxy) is 4. The van der Waals surface area contributed by atoms with Gasteiger partial charge in [0.05, 0.1) is 19.1 Å². The third-order valence-corrected chi connectivity index (χ3v) is 8.39. The Morgan fingerprint density at radius 2 is 1.40 bits per heavy atom. The lowest BCUT2D eigenvalue weighted by Crippen LogP contribution is -2.61. The summed E-state index contributed by atoms with van der Waals surface area (Å²) < 4.78 is 25.7. The first-order chi connectivity index (χ1) is 25.7. The number of hydrogen-bond acceptors (Lipinski definition) is 22. The highest BCUT2D eigenvalue weighted by atomic mass is 16.7. The lowest BCUT2D eigenvalue weighted by atomic mass is 9.98. The lowest BCUT2D eigenvalue weighted by Gasteiger charge is -2.38. The van der Waals surface area contributed by atoms with E-state index in [-0.39, 0.29) is 51.6 Å². The maximum Gasteiger partial charge on any atom is 0.337 e. The van der Waals surface area contributed by atoms with Crippen molar-refractivity contribution in [1.29, 1.82) is 0 Å².